The lowest BCUT2D eigenvalue weighted by Gasteiger charge is -2.23. The van der Waals surface area contributed by atoms with Gasteiger partial charge in [-0.3, -0.25) is 0 Å². The second-order valence-corrected chi connectivity index (χ2v) is 9.70. The first-order valence-electron chi connectivity index (χ1n) is 13.0. The number of hydrogen-bond acceptors (Lipinski definition) is 5. The molecular formula is C29H35FN4O2. The molecule has 2 atom stereocenters. The molecule has 2 unspecified atom stereocenters. The molecule has 1 aliphatic heterocycles. The molecule has 5 rings (SSSR count). The SMILES string of the molecule is CCCNc1cc(-c2c(-c3ccc(F)cc3)nc3n2C(COCC2CC=C(OC)CC2)CC3)ccn1. The maximum absolute atomic E-state index is 13.7. The molecule has 0 bridgehead atoms. The third-order valence-corrected chi connectivity index (χ3v) is 7.16. The zero-order valence-electron chi connectivity index (χ0n) is 21.2. The summed E-state index contributed by atoms with van der Waals surface area (Å²) in [4.78, 5) is 9.54. The summed E-state index contributed by atoms with van der Waals surface area (Å²) in [5.41, 5.74) is 3.90. The Kier molecular flexibility index (Phi) is 7.66. The van der Waals surface area contributed by atoms with Crippen molar-refractivity contribution in [1.29, 1.82) is 0 Å². The minimum atomic E-state index is -0.247. The standard InChI is InChI=1S/C29H35FN4O2/c1-3-15-31-26-17-22(14-16-32-26)29-28(21-6-8-23(30)9-7-21)33-27-13-10-24(34(27)29)19-36-18-20-4-11-25(35-2)12-5-20/h6-9,11,14,16-17,20,24H,3-5,10,12-13,15,18-19H2,1-2H3,(H,31,32). The summed E-state index contributed by atoms with van der Waals surface area (Å²) in [7, 11) is 1.74. The highest BCUT2D eigenvalue weighted by atomic mass is 19.1. The second-order valence-electron chi connectivity index (χ2n) is 9.70. The smallest absolute Gasteiger partial charge is 0.126 e. The van der Waals surface area contributed by atoms with Crippen molar-refractivity contribution in [2.24, 2.45) is 5.92 Å². The van der Waals surface area contributed by atoms with Crippen LogP contribution < -0.4 is 5.32 Å². The number of pyridine rings is 1. The summed E-state index contributed by atoms with van der Waals surface area (Å²) in [6.45, 7) is 4.42. The predicted octanol–water partition coefficient (Wildman–Crippen LogP) is 6.41. The molecule has 0 fully saturated rings. The zero-order chi connectivity index (χ0) is 24.9. The Labute approximate surface area is 212 Å². The van der Waals surface area contributed by atoms with Gasteiger partial charge in [-0.15, -0.1) is 0 Å². The Morgan fingerprint density at radius 2 is 1.94 bits per heavy atom. The van der Waals surface area contributed by atoms with Gasteiger partial charge in [0.1, 0.15) is 17.5 Å². The van der Waals surface area contributed by atoms with Crippen molar-refractivity contribution in [3.8, 4) is 22.5 Å². The van der Waals surface area contributed by atoms with Gasteiger partial charge in [0, 0.05) is 43.3 Å². The fraction of sp³-hybridized carbons (Fsp3) is 0.448. The number of anilines is 1. The number of methoxy groups -OCH3 is 1. The zero-order valence-corrected chi connectivity index (χ0v) is 21.2. The van der Waals surface area contributed by atoms with Gasteiger partial charge < -0.3 is 19.4 Å². The molecule has 0 saturated carbocycles. The van der Waals surface area contributed by atoms with E-state index in [1.54, 1.807) is 7.11 Å². The van der Waals surface area contributed by atoms with Gasteiger partial charge in [-0.1, -0.05) is 6.92 Å². The number of aromatic nitrogens is 3. The first-order valence-corrected chi connectivity index (χ1v) is 13.0. The van der Waals surface area contributed by atoms with E-state index in [1.165, 1.54) is 12.1 Å². The van der Waals surface area contributed by atoms with E-state index >= 15 is 0 Å². The Bertz CT molecular complexity index is 1200. The third-order valence-electron chi connectivity index (χ3n) is 7.16. The van der Waals surface area contributed by atoms with Crippen LogP contribution in [0.5, 0.6) is 0 Å². The molecule has 7 heteroatoms. The Morgan fingerprint density at radius 1 is 1.08 bits per heavy atom. The highest BCUT2D eigenvalue weighted by Gasteiger charge is 2.30. The van der Waals surface area contributed by atoms with Crippen molar-refractivity contribution in [2.45, 2.75) is 51.5 Å². The fourth-order valence-electron chi connectivity index (χ4n) is 5.22. The monoisotopic (exact) mass is 490 g/mol. The third kappa shape index (κ3) is 5.31. The first-order chi connectivity index (χ1) is 17.7. The lowest BCUT2D eigenvalue weighted by molar-refractivity contribution is 0.0702. The largest absolute Gasteiger partial charge is 0.501 e. The molecule has 0 spiro atoms. The normalized spacial score (nSPS) is 19.1. The van der Waals surface area contributed by atoms with Gasteiger partial charge in [0.05, 0.1) is 36.9 Å². The molecule has 0 amide bonds. The van der Waals surface area contributed by atoms with Crippen LogP contribution in [-0.4, -0.2) is 41.4 Å². The molecule has 3 heterocycles. The highest BCUT2D eigenvalue weighted by Crippen LogP contribution is 2.40. The maximum Gasteiger partial charge on any atom is 0.126 e. The summed E-state index contributed by atoms with van der Waals surface area (Å²) in [6, 6.07) is 11.0. The van der Waals surface area contributed by atoms with E-state index in [2.05, 4.69) is 33.9 Å². The molecule has 1 N–H and O–H groups in total. The van der Waals surface area contributed by atoms with Crippen LogP contribution in [0.1, 0.15) is 50.9 Å². The molecule has 0 saturated heterocycles. The number of ether oxygens (including phenoxy) is 2. The lowest BCUT2D eigenvalue weighted by atomic mass is 9.94. The average molecular weight is 491 g/mol. The van der Waals surface area contributed by atoms with Crippen molar-refractivity contribution >= 4 is 5.82 Å². The van der Waals surface area contributed by atoms with Crippen molar-refractivity contribution in [3.05, 3.63) is 66.1 Å². The van der Waals surface area contributed by atoms with Crippen molar-refractivity contribution in [1.82, 2.24) is 14.5 Å². The van der Waals surface area contributed by atoms with Gasteiger partial charge in [-0.25, -0.2) is 14.4 Å². The minimum Gasteiger partial charge on any atom is -0.501 e. The van der Waals surface area contributed by atoms with Crippen LogP contribution >= 0.6 is 0 Å². The van der Waals surface area contributed by atoms with E-state index < -0.39 is 0 Å². The molecule has 2 aromatic heterocycles. The molecule has 2 aliphatic rings. The van der Waals surface area contributed by atoms with Crippen LogP contribution in [-0.2, 0) is 15.9 Å². The van der Waals surface area contributed by atoms with Crippen LogP contribution in [0.15, 0.2) is 54.4 Å². The summed E-state index contributed by atoms with van der Waals surface area (Å²) < 4.78 is 27.7. The maximum atomic E-state index is 13.7. The number of aryl methyl sites for hydroxylation is 1. The van der Waals surface area contributed by atoms with Crippen LogP contribution in [0, 0.1) is 11.7 Å². The molecule has 190 valence electrons. The van der Waals surface area contributed by atoms with Gasteiger partial charge in [0.25, 0.3) is 0 Å². The number of allylic oxidation sites excluding steroid dienone is 2. The Balaban J connectivity index is 1.42. The number of rotatable bonds is 10. The molecule has 6 nitrogen and oxygen atoms in total. The predicted molar refractivity (Wildman–Crippen MR) is 140 cm³/mol. The van der Waals surface area contributed by atoms with Crippen LogP contribution in [0.2, 0.25) is 0 Å². The van der Waals surface area contributed by atoms with Crippen LogP contribution in [0.25, 0.3) is 22.5 Å². The van der Waals surface area contributed by atoms with E-state index in [-0.39, 0.29) is 11.9 Å². The summed E-state index contributed by atoms with van der Waals surface area (Å²) in [5, 5.41) is 3.39. The Hall–Kier alpha value is -3.19. The lowest BCUT2D eigenvalue weighted by Crippen LogP contribution is -2.18. The van der Waals surface area contributed by atoms with Crippen LogP contribution in [0.3, 0.4) is 0 Å². The van der Waals surface area contributed by atoms with Gasteiger partial charge in [-0.2, -0.15) is 0 Å². The summed E-state index contributed by atoms with van der Waals surface area (Å²) in [5.74, 6) is 3.29. The van der Waals surface area contributed by atoms with Crippen molar-refractivity contribution in [3.63, 3.8) is 0 Å². The van der Waals surface area contributed by atoms with E-state index in [1.807, 2.05) is 24.4 Å². The second kappa shape index (κ2) is 11.2. The average Bonchev–Trinajstić information content (AvgIpc) is 3.48. The number of benzene rings is 1. The Morgan fingerprint density at radius 3 is 2.69 bits per heavy atom. The summed E-state index contributed by atoms with van der Waals surface area (Å²) in [6.07, 6.45) is 10.1. The first kappa shape index (κ1) is 24.5. The highest BCUT2D eigenvalue weighted by molar-refractivity contribution is 5.80. The van der Waals surface area contributed by atoms with E-state index in [4.69, 9.17) is 14.5 Å². The molecule has 3 aromatic rings. The van der Waals surface area contributed by atoms with Gasteiger partial charge in [0.2, 0.25) is 0 Å². The molecule has 1 aromatic carbocycles. The van der Waals surface area contributed by atoms with Crippen molar-refractivity contribution < 1.29 is 13.9 Å². The molecule has 36 heavy (non-hydrogen) atoms. The number of halogens is 1. The molecular weight excluding hydrogens is 455 g/mol. The quantitative estimate of drug-likeness (QED) is 0.356. The number of nitrogens with zero attached hydrogens (tertiary/aromatic N) is 3. The van der Waals surface area contributed by atoms with E-state index in [0.29, 0.717) is 12.5 Å². The van der Waals surface area contributed by atoms with E-state index in [9.17, 15) is 4.39 Å². The number of imidazole rings is 1. The number of nitrogens with one attached hydrogen (secondary N) is 1. The minimum absolute atomic E-state index is 0.214. The van der Waals surface area contributed by atoms with Gasteiger partial charge in [0.15, 0.2) is 0 Å². The van der Waals surface area contributed by atoms with Gasteiger partial charge in [-0.05, 0) is 74.1 Å². The molecule has 1 aliphatic carbocycles. The van der Waals surface area contributed by atoms with Crippen LogP contribution in [0.4, 0.5) is 10.2 Å². The number of hydrogen-bond donors (Lipinski definition) is 1. The van der Waals surface area contributed by atoms with Gasteiger partial charge >= 0.3 is 0 Å². The summed E-state index contributed by atoms with van der Waals surface area (Å²) >= 11 is 0. The fourth-order valence-corrected chi connectivity index (χ4v) is 5.22. The topological polar surface area (TPSA) is 61.2 Å². The van der Waals surface area contributed by atoms with Crippen molar-refractivity contribution in [2.75, 3.05) is 32.2 Å². The van der Waals surface area contributed by atoms with E-state index in [0.717, 1.165) is 91.6 Å². The number of fused-ring (bicyclic) bond motifs is 1. The molecule has 0 radical (unpaired) electrons.